The van der Waals surface area contributed by atoms with Gasteiger partial charge in [-0.15, -0.1) is 0 Å². The van der Waals surface area contributed by atoms with Crippen molar-refractivity contribution in [2.45, 2.75) is 33.2 Å². The largest absolute Gasteiger partial charge is 0.348 e. The molecule has 1 aliphatic heterocycles. The second-order valence-electron chi connectivity index (χ2n) is 7.55. The summed E-state index contributed by atoms with van der Waals surface area (Å²) in [6.07, 6.45) is 4.71. The molecule has 1 aliphatic rings. The number of piperidine rings is 1. The molecule has 3 atom stereocenters. The van der Waals surface area contributed by atoms with Crippen LogP contribution in [0.25, 0.3) is 5.69 Å². The first-order valence-electron chi connectivity index (χ1n) is 9.14. The smallest absolute Gasteiger partial charge is 0.254 e. The lowest BCUT2D eigenvalue weighted by Crippen LogP contribution is -2.46. The van der Waals surface area contributed by atoms with E-state index >= 15 is 0 Å². The van der Waals surface area contributed by atoms with E-state index in [0.29, 0.717) is 5.56 Å². The summed E-state index contributed by atoms with van der Waals surface area (Å²) >= 11 is 0. The van der Waals surface area contributed by atoms with E-state index in [1.807, 2.05) is 30.3 Å². The van der Waals surface area contributed by atoms with Gasteiger partial charge in [-0.05, 0) is 37.3 Å². The molecular formula is C20H28N4O. The minimum Gasteiger partial charge on any atom is -0.348 e. The molecule has 2 heterocycles. The molecule has 3 rings (SSSR count). The zero-order chi connectivity index (χ0) is 17.8. The van der Waals surface area contributed by atoms with E-state index in [1.54, 1.807) is 17.1 Å². The maximum Gasteiger partial charge on any atom is 0.254 e. The Kier molecular flexibility index (Phi) is 5.53. The van der Waals surface area contributed by atoms with Crippen LogP contribution >= 0.6 is 0 Å². The second kappa shape index (κ2) is 7.83. The van der Waals surface area contributed by atoms with Gasteiger partial charge in [0, 0.05) is 31.9 Å². The SMILES string of the molecule is CC1CC(C)CN(CC(C)NC(=O)c2cnn(-c3ccccc3)c2)C1. The number of rotatable bonds is 5. The summed E-state index contributed by atoms with van der Waals surface area (Å²) in [5, 5.41) is 7.40. The normalized spacial score (nSPS) is 22.5. The summed E-state index contributed by atoms with van der Waals surface area (Å²) < 4.78 is 1.73. The fourth-order valence-electron chi connectivity index (χ4n) is 3.84. The Morgan fingerprint density at radius 3 is 2.60 bits per heavy atom. The van der Waals surface area contributed by atoms with E-state index < -0.39 is 0 Å². The first-order valence-corrected chi connectivity index (χ1v) is 9.14. The highest BCUT2D eigenvalue weighted by Gasteiger charge is 2.23. The summed E-state index contributed by atoms with van der Waals surface area (Å²) in [4.78, 5) is 15.0. The second-order valence-corrected chi connectivity index (χ2v) is 7.55. The van der Waals surface area contributed by atoms with Crippen LogP contribution in [0.15, 0.2) is 42.7 Å². The van der Waals surface area contributed by atoms with Gasteiger partial charge in [-0.1, -0.05) is 32.0 Å². The van der Waals surface area contributed by atoms with E-state index in [1.165, 1.54) is 6.42 Å². The van der Waals surface area contributed by atoms with Gasteiger partial charge in [-0.3, -0.25) is 4.79 Å². The van der Waals surface area contributed by atoms with Crippen LogP contribution in [0.4, 0.5) is 0 Å². The number of hydrogen-bond acceptors (Lipinski definition) is 3. The van der Waals surface area contributed by atoms with Crippen LogP contribution in [0.2, 0.25) is 0 Å². The van der Waals surface area contributed by atoms with Crippen molar-refractivity contribution in [2.24, 2.45) is 11.8 Å². The molecule has 1 fully saturated rings. The van der Waals surface area contributed by atoms with Crippen LogP contribution < -0.4 is 5.32 Å². The third-order valence-corrected chi connectivity index (χ3v) is 4.72. The number of hydrogen-bond donors (Lipinski definition) is 1. The maximum atomic E-state index is 12.5. The van der Waals surface area contributed by atoms with Crippen molar-refractivity contribution >= 4 is 5.91 Å². The van der Waals surface area contributed by atoms with Crippen molar-refractivity contribution in [2.75, 3.05) is 19.6 Å². The minimum absolute atomic E-state index is 0.0622. The van der Waals surface area contributed by atoms with Gasteiger partial charge in [0.25, 0.3) is 5.91 Å². The van der Waals surface area contributed by atoms with Gasteiger partial charge in [0.2, 0.25) is 0 Å². The molecule has 0 saturated carbocycles. The Morgan fingerprint density at radius 2 is 1.92 bits per heavy atom. The Balaban J connectivity index is 1.56. The molecular weight excluding hydrogens is 312 g/mol. The predicted molar refractivity (Wildman–Crippen MR) is 99.9 cm³/mol. The number of benzene rings is 1. The Labute approximate surface area is 150 Å². The van der Waals surface area contributed by atoms with E-state index in [9.17, 15) is 4.79 Å². The number of nitrogens with one attached hydrogen (secondary N) is 1. The molecule has 25 heavy (non-hydrogen) atoms. The number of carbonyl (C=O) groups excluding carboxylic acids is 1. The molecule has 1 aromatic carbocycles. The van der Waals surface area contributed by atoms with Crippen molar-refractivity contribution in [3.63, 3.8) is 0 Å². The fourth-order valence-corrected chi connectivity index (χ4v) is 3.84. The first-order chi connectivity index (χ1) is 12.0. The molecule has 3 unspecified atom stereocenters. The van der Waals surface area contributed by atoms with Crippen molar-refractivity contribution in [3.05, 3.63) is 48.3 Å². The number of amides is 1. The maximum absolute atomic E-state index is 12.5. The number of aromatic nitrogens is 2. The number of carbonyl (C=O) groups is 1. The summed E-state index contributed by atoms with van der Waals surface area (Å²) in [7, 11) is 0. The first kappa shape index (κ1) is 17.7. The molecule has 1 saturated heterocycles. The summed E-state index contributed by atoms with van der Waals surface area (Å²) in [5.41, 5.74) is 1.54. The highest BCUT2D eigenvalue weighted by molar-refractivity contribution is 5.93. The van der Waals surface area contributed by atoms with Crippen molar-refractivity contribution in [3.8, 4) is 5.69 Å². The van der Waals surface area contributed by atoms with Gasteiger partial charge in [-0.25, -0.2) is 4.68 Å². The fraction of sp³-hybridized carbons (Fsp3) is 0.500. The lowest BCUT2D eigenvalue weighted by Gasteiger charge is -2.36. The van der Waals surface area contributed by atoms with Gasteiger partial charge < -0.3 is 10.2 Å². The van der Waals surface area contributed by atoms with Gasteiger partial charge in [0.1, 0.15) is 0 Å². The van der Waals surface area contributed by atoms with Gasteiger partial charge in [0.15, 0.2) is 0 Å². The quantitative estimate of drug-likeness (QED) is 0.910. The molecule has 0 bridgehead atoms. The van der Waals surface area contributed by atoms with Crippen LogP contribution in [0.1, 0.15) is 37.6 Å². The average molecular weight is 340 g/mol. The summed E-state index contributed by atoms with van der Waals surface area (Å²) in [5.74, 6) is 1.40. The van der Waals surface area contributed by atoms with Crippen LogP contribution in [0, 0.1) is 11.8 Å². The van der Waals surface area contributed by atoms with E-state index in [4.69, 9.17) is 0 Å². The van der Waals surface area contributed by atoms with Crippen molar-refractivity contribution in [1.82, 2.24) is 20.0 Å². The highest BCUT2D eigenvalue weighted by Crippen LogP contribution is 2.20. The monoisotopic (exact) mass is 340 g/mol. The van der Waals surface area contributed by atoms with Crippen molar-refractivity contribution < 1.29 is 4.79 Å². The third-order valence-electron chi connectivity index (χ3n) is 4.72. The van der Waals surface area contributed by atoms with Gasteiger partial charge in [-0.2, -0.15) is 5.10 Å². The van der Waals surface area contributed by atoms with Gasteiger partial charge >= 0.3 is 0 Å². The van der Waals surface area contributed by atoms with E-state index in [0.717, 1.165) is 37.2 Å². The molecule has 0 radical (unpaired) electrons. The topological polar surface area (TPSA) is 50.2 Å². The Hall–Kier alpha value is -2.14. The van der Waals surface area contributed by atoms with Gasteiger partial charge in [0.05, 0.1) is 17.4 Å². The minimum atomic E-state index is -0.0622. The zero-order valence-electron chi connectivity index (χ0n) is 15.4. The number of nitrogens with zero attached hydrogens (tertiary/aromatic N) is 3. The lowest BCUT2D eigenvalue weighted by molar-refractivity contribution is 0.0905. The Morgan fingerprint density at radius 1 is 1.24 bits per heavy atom. The number of para-hydroxylation sites is 1. The highest BCUT2D eigenvalue weighted by atomic mass is 16.1. The van der Waals surface area contributed by atoms with Crippen molar-refractivity contribution in [1.29, 1.82) is 0 Å². The standard InChI is InChI=1S/C20H28N4O/c1-15-9-16(2)12-23(11-15)13-17(3)22-20(25)18-10-21-24(14-18)19-7-5-4-6-8-19/h4-8,10,14-17H,9,11-13H2,1-3H3,(H,22,25). The predicted octanol–water partition coefficient (Wildman–Crippen LogP) is 2.97. The average Bonchev–Trinajstić information content (AvgIpc) is 3.04. The molecule has 1 N–H and O–H groups in total. The molecule has 5 nitrogen and oxygen atoms in total. The molecule has 5 heteroatoms. The molecule has 0 aliphatic carbocycles. The molecule has 1 aromatic heterocycles. The van der Waals surface area contributed by atoms with Crippen LogP contribution in [-0.4, -0.2) is 46.3 Å². The zero-order valence-corrected chi connectivity index (χ0v) is 15.4. The van der Waals surface area contributed by atoms with E-state index in [2.05, 4.69) is 36.1 Å². The number of likely N-dealkylation sites (tertiary alicyclic amines) is 1. The summed E-state index contributed by atoms with van der Waals surface area (Å²) in [6.45, 7) is 9.83. The summed E-state index contributed by atoms with van der Waals surface area (Å²) in [6, 6.07) is 9.93. The van der Waals surface area contributed by atoms with Crippen LogP contribution in [0.5, 0.6) is 0 Å². The molecule has 0 spiro atoms. The Bertz CT molecular complexity index is 687. The molecule has 1 amide bonds. The third kappa shape index (κ3) is 4.69. The molecule has 134 valence electrons. The van der Waals surface area contributed by atoms with Crippen LogP contribution in [0.3, 0.4) is 0 Å². The lowest BCUT2D eigenvalue weighted by atomic mass is 9.92. The molecule has 2 aromatic rings. The van der Waals surface area contributed by atoms with E-state index in [-0.39, 0.29) is 11.9 Å². The van der Waals surface area contributed by atoms with Crippen LogP contribution in [-0.2, 0) is 0 Å².